The number of aromatic nitrogens is 1. The zero-order chi connectivity index (χ0) is 16.1. The summed E-state index contributed by atoms with van der Waals surface area (Å²) in [6.07, 6.45) is 2.10. The summed E-state index contributed by atoms with van der Waals surface area (Å²) in [6.45, 7) is 8.74. The fraction of sp³-hybridized carbons (Fsp3) is 0.733. The standard InChI is InChI=1S/C15H26N4O2S/c1-11(2)13-6-17-15(22-13)10-19-4-5-21-12(8-19)7-18(3)9-14(16)20/h6,11-12H,4-5,7-10H2,1-3H3,(H2,16,20)/t12-/m0/s1. The number of primary amides is 1. The molecule has 1 aliphatic rings. The molecular formula is C15H26N4O2S. The van der Waals surface area contributed by atoms with E-state index in [9.17, 15) is 4.79 Å². The number of carbonyl (C=O) groups excluding carboxylic acids is 1. The van der Waals surface area contributed by atoms with E-state index >= 15 is 0 Å². The minimum absolute atomic E-state index is 0.114. The van der Waals surface area contributed by atoms with Gasteiger partial charge in [0.05, 0.1) is 25.8 Å². The summed E-state index contributed by atoms with van der Waals surface area (Å²) in [5.74, 6) is 0.227. The van der Waals surface area contributed by atoms with Gasteiger partial charge >= 0.3 is 0 Å². The van der Waals surface area contributed by atoms with Gasteiger partial charge in [0, 0.05) is 30.7 Å². The smallest absolute Gasteiger partial charge is 0.231 e. The molecule has 124 valence electrons. The second-order valence-electron chi connectivity index (χ2n) is 6.20. The first-order chi connectivity index (χ1) is 10.4. The van der Waals surface area contributed by atoms with E-state index in [2.05, 4.69) is 23.7 Å². The van der Waals surface area contributed by atoms with Crippen molar-refractivity contribution in [3.8, 4) is 0 Å². The van der Waals surface area contributed by atoms with E-state index in [1.54, 1.807) is 11.3 Å². The summed E-state index contributed by atoms with van der Waals surface area (Å²) < 4.78 is 5.79. The Kier molecular flexibility index (Phi) is 6.31. The number of thiazole rings is 1. The van der Waals surface area contributed by atoms with Gasteiger partial charge in [-0.25, -0.2) is 4.98 Å². The lowest BCUT2D eigenvalue weighted by Gasteiger charge is -2.34. The minimum Gasteiger partial charge on any atom is -0.374 e. The maximum absolute atomic E-state index is 10.9. The van der Waals surface area contributed by atoms with Gasteiger partial charge in [0.15, 0.2) is 0 Å². The molecule has 2 heterocycles. The van der Waals surface area contributed by atoms with Gasteiger partial charge in [-0.2, -0.15) is 0 Å². The molecule has 0 aliphatic carbocycles. The second-order valence-corrected chi connectivity index (χ2v) is 7.35. The molecule has 1 aliphatic heterocycles. The molecule has 1 fully saturated rings. The number of morpholine rings is 1. The zero-order valence-corrected chi connectivity index (χ0v) is 14.4. The Morgan fingerprint density at radius 2 is 2.41 bits per heavy atom. The summed E-state index contributed by atoms with van der Waals surface area (Å²) in [6, 6.07) is 0. The first-order valence-corrected chi connectivity index (χ1v) is 8.51. The Morgan fingerprint density at radius 3 is 3.05 bits per heavy atom. The molecule has 1 saturated heterocycles. The lowest BCUT2D eigenvalue weighted by atomic mass is 10.2. The molecule has 22 heavy (non-hydrogen) atoms. The number of nitrogens with two attached hydrogens (primary N) is 1. The van der Waals surface area contributed by atoms with E-state index in [0.717, 1.165) is 31.2 Å². The van der Waals surface area contributed by atoms with Gasteiger partial charge in [-0.05, 0) is 13.0 Å². The highest BCUT2D eigenvalue weighted by molar-refractivity contribution is 7.11. The van der Waals surface area contributed by atoms with Crippen molar-refractivity contribution in [3.05, 3.63) is 16.1 Å². The summed E-state index contributed by atoms with van der Waals surface area (Å²) in [7, 11) is 1.89. The monoisotopic (exact) mass is 326 g/mol. The third-order valence-electron chi connectivity index (χ3n) is 3.66. The molecule has 7 heteroatoms. The van der Waals surface area contributed by atoms with Crippen LogP contribution in [0.2, 0.25) is 0 Å². The van der Waals surface area contributed by atoms with Crippen LogP contribution in [0.25, 0.3) is 0 Å². The number of ether oxygens (including phenoxy) is 1. The maximum atomic E-state index is 10.9. The van der Waals surface area contributed by atoms with Gasteiger partial charge in [-0.1, -0.05) is 13.8 Å². The van der Waals surface area contributed by atoms with Gasteiger partial charge in [0.1, 0.15) is 5.01 Å². The van der Waals surface area contributed by atoms with E-state index < -0.39 is 0 Å². The fourth-order valence-electron chi connectivity index (χ4n) is 2.57. The molecule has 0 spiro atoms. The van der Waals surface area contributed by atoms with Crippen molar-refractivity contribution in [2.24, 2.45) is 5.73 Å². The highest BCUT2D eigenvalue weighted by Crippen LogP contribution is 2.23. The van der Waals surface area contributed by atoms with Crippen LogP contribution >= 0.6 is 11.3 Å². The number of hydrogen-bond acceptors (Lipinski definition) is 6. The average Bonchev–Trinajstić information content (AvgIpc) is 2.86. The van der Waals surface area contributed by atoms with Crippen LogP contribution in [-0.2, 0) is 16.1 Å². The van der Waals surface area contributed by atoms with E-state index in [-0.39, 0.29) is 18.6 Å². The van der Waals surface area contributed by atoms with Crippen LogP contribution in [0.4, 0.5) is 0 Å². The van der Waals surface area contributed by atoms with E-state index in [0.29, 0.717) is 12.5 Å². The topological polar surface area (TPSA) is 71.7 Å². The largest absolute Gasteiger partial charge is 0.374 e. The summed E-state index contributed by atoms with van der Waals surface area (Å²) in [5, 5.41) is 1.16. The Hall–Kier alpha value is -1.02. The molecule has 1 aromatic heterocycles. The summed E-state index contributed by atoms with van der Waals surface area (Å²) in [4.78, 5) is 21.1. The van der Waals surface area contributed by atoms with Crippen molar-refractivity contribution >= 4 is 17.2 Å². The van der Waals surface area contributed by atoms with Crippen LogP contribution < -0.4 is 5.73 Å². The lowest BCUT2D eigenvalue weighted by molar-refractivity contribution is -0.119. The predicted molar refractivity (Wildman–Crippen MR) is 87.9 cm³/mol. The van der Waals surface area contributed by atoms with Crippen molar-refractivity contribution in [3.63, 3.8) is 0 Å². The Bertz CT molecular complexity index is 492. The van der Waals surface area contributed by atoms with Crippen LogP contribution in [0.3, 0.4) is 0 Å². The third kappa shape index (κ3) is 5.31. The van der Waals surface area contributed by atoms with Crippen molar-refractivity contribution in [2.75, 3.05) is 39.8 Å². The molecule has 0 radical (unpaired) electrons. The SMILES string of the molecule is CC(C)c1cnc(CN2CCO[C@@H](CN(C)CC(N)=O)C2)s1. The number of carbonyl (C=O) groups is 1. The first kappa shape index (κ1) is 17.3. The third-order valence-corrected chi connectivity index (χ3v) is 4.95. The van der Waals surface area contributed by atoms with Crippen LogP contribution in [-0.4, -0.2) is 66.6 Å². The van der Waals surface area contributed by atoms with E-state index in [1.165, 1.54) is 4.88 Å². The summed E-state index contributed by atoms with van der Waals surface area (Å²) >= 11 is 1.79. The molecule has 6 nitrogen and oxygen atoms in total. The van der Waals surface area contributed by atoms with Gasteiger partial charge in [0.25, 0.3) is 0 Å². The fourth-order valence-corrected chi connectivity index (χ4v) is 3.53. The maximum Gasteiger partial charge on any atom is 0.231 e. The van der Waals surface area contributed by atoms with Crippen LogP contribution in [0, 0.1) is 0 Å². The van der Waals surface area contributed by atoms with Crippen molar-refractivity contribution in [1.82, 2.24) is 14.8 Å². The van der Waals surface area contributed by atoms with Gasteiger partial charge in [0.2, 0.25) is 5.91 Å². The molecular weight excluding hydrogens is 300 g/mol. The molecule has 2 rings (SSSR count). The van der Waals surface area contributed by atoms with Gasteiger partial charge in [-0.3, -0.25) is 14.6 Å². The van der Waals surface area contributed by atoms with Crippen molar-refractivity contribution in [1.29, 1.82) is 0 Å². The Morgan fingerprint density at radius 1 is 1.64 bits per heavy atom. The molecule has 2 N–H and O–H groups in total. The molecule has 0 saturated carbocycles. The number of hydrogen-bond donors (Lipinski definition) is 1. The molecule has 0 aromatic carbocycles. The van der Waals surface area contributed by atoms with Gasteiger partial charge in [-0.15, -0.1) is 11.3 Å². The molecule has 1 atom stereocenters. The molecule has 1 amide bonds. The highest BCUT2D eigenvalue weighted by atomic mass is 32.1. The van der Waals surface area contributed by atoms with Crippen molar-refractivity contribution < 1.29 is 9.53 Å². The number of amides is 1. The Labute approximate surface area is 136 Å². The normalized spacial score (nSPS) is 20.0. The number of nitrogens with zero attached hydrogens (tertiary/aromatic N) is 3. The van der Waals surface area contributed by atoms with Crippen molar-refractivity contribution in [2.45, 2.75) is 32.4 Å². The van der Waals surface area contributed by atoms with Crippen LogP contribution in [0.15, 0.2) is 6.20 Å². The molecule has 1 aromatic rings. The first-order valence-electron chi connectivity index (χ1n) is 7.69. The van der Waals surface area contributed by atoms with Crippen LogP contribution in [0.5, 0.6) is 0 Å². The molecule has 0 bridgehead atoms. The lowest BCUT2D eigenvalue weighted by Crippen LogP contribution is -2.47. The number of rotatable bonds is 7. The predicted octanol–water partition coefficient (Wildman–Crippen LogP) is 0.884. The van der Waals surface area contributed by atoms with E-state index in [1.807, 2.05) is 18.1 Å². The minimum atomic E-state index is -0.306. The number of likely N-dealkylation sites (N-methyl/N-ethyl adjacent to an activating group) is 1. The molecule has 0 unspecified atom stereocenters. The van der Waals surface area contributed by atoms with E-state index in [4.69, 9.17) is 10.5 Å². The summed E-state index contributed by atoms with van der Waals surface area (Å²) in [5.41, 5.74) is 5.22. The zero-order valence-electron chi connectivity index (χ0n) is 13.6. The van der Waals surface area contributed by atoms with Crippen LogP contribution in [0.1, 0.15) is 29.7 Å². The van der Waals surface area contributed by atoms with Gasteiger partial charge < -0.3 is 10.5 Å². The average molecular weight is 326 g/mol. The Balaban J connectivity index is 1.83. The highest BCUT2D eigenvalue weighted by Gasteiger charge is 2.23. The second kappa shape index (κ2) is 8.01. The quantitative estimate of drug-likeness (QED) is 0.805.